The fraction of sp³-hybridized carbons (Fsp3) is 0.514. The predicted octanol–water partition coefficient (Wildman–Crippen LogP) is 7.20. The molecule has 3 aromatic rings. The van der Waals surface area contributed by atoms with Gasteiger partial charge in [0.1, 0.15) is 18.2 Å². The molecule has 0 unspecified atom stereocenters. The first-order valence-corrected chi connectivity index (χ1v) is 15.9. The van der Waals surface area contributed by atoms with Gasteiger partial charge in [0.15, 0.2) is 5.65 Å². The number of aromatic amines is 1. The summed E-state index contributed by atoms with van der Waals surface area (Å²) in [6.45, 7) is 12.9. The molecule has 7 heteroatoms. The maximum atomic E-state index is 6.32. The van der Waals surface area contributed by atoms with E-state index in [1.54, 1.807) is 0 Å². The number of pyridine rings is 1. The summed E-state index contributed by atoms with van der Waals surface area (Å²) >= 11 is 0. The number of nitrogens with one attached hydrogen (secondary N) is 1. The van der Waals surface area contributed by atoms with Gasteiger partial charge in [-0.1, -0.05) is 26.0 Å². The van der Waals surface area contributed by atoms with E-state index in [1.807, 2.05) is 13.1 Å². The Morgan fingerprint density at radius 2 is 1.93 bits per heavy atom. The summed E-state index contributed by atoms with van der Waals surface area (Å²) in [5, 5.41) is 0. The summed E-state index contributed by atoms with van der Waals surface area (Å²) in [6, 6.07) is 8.72. The first-order valence-electron chi connectivity index (χ1n) is 15.9. The van der Waals surface area contributed by atoms with Gasteiger partial charge in [-0.05, 0) is 106 Å². The molecule has 7 nitrogen and oxygen atoms in total. The number of likely N-dealkylation sites (tertiary alicyclic amines) is 1. The SMILES string of the molecule is Cc1nc2ncc(-c3ccc4c(c3)CN(C3=CCCC(CCN5CCCC5)=NC5=C3CC(C)(C)CC5)CCO4)cc2[nH]1. The third-order valence-electron chi connectivity index (χ3n) is 9.50. The molecule has 0 amide bonds. The molecule has 3 aliphatic heterocycles. The van der Waals surface area contributed by atoms with E-state index in [2.05, 4.69) is 68.9 Å². The van der Waals surface area contributed by atoms with Crippen LogP contribution in [0.3, 0.4) is 0 Å². The van der Waals surface area contributed by atoms with Crippen molar-refractivity contribution in [2.45, 2.75) is 78.7 Å². The lowest BCUT2D eigenvalue weighted by Crippen LogP contribution is -2.30. The monoisotopic (exact) mass is 564 g/mol. The van der Waals surface area contributed by atoms with Gasteiger partial charge in [-0.3, -0.25) is 4.99 Å². The Labute approximate surface area is 249 Å². The molecule has 0 atom stereocenters. The maximum absolute atomic E-state index is 6.32. The quantitative estimate of drug-likeness (QED) is 0.355. The van der Waals surface area contributed by atoms with Crippen molar-refractivity contribution < 1.29 is 4.74 Å². The van der Waals surface area contributed by atoms with Crippen LogP contribution in [0.15, 0.2) is 58.5 Å². The molecule has 1 aromatic carbocycles. The molecule has 42 heavy (non-hydrogen) atoms. The minimum absolute atomic E-state index is 0.284. The number of rotatable bonds is 5. The lowest BCUT2D eigenvalue weighted by Gasteiger charge is -2.37. The Morgan fingerprint density at radius 1 is 1.05 bits per heavy atom. The molecular weight excluding hydrogens is 520 g/mol. The van der Waals surface area contributed by atoms with Gasteiger partial charge in [-0.2, -0.15) is 0 Å². The second-order valence-corrected chi connectivity index (χ2v) is 13.4. The fourth-order valence-corrected chi connectivity index (χ4v) is 7.14. The summed E-state index contributed by atoms with van der Waals surface area (Å²) in [5.74, 6) is 1.87. The maximum Gasteiger partial charge on any atom is 0.177 e. The van der Waals surface area contributed by atoms with Gasteiger partial charge in [0.05, 0.1) is 12.1 Å². The standard InChI is InChI=1S/C35H44N6O/c1-24-37-31-20-26(22-36-34(31)38-24)25-9-10-33-27(19-25)23-41(17-18-42-33)32-8-6-7-28(12-16-40-14-4-5-15-40)39-30-11-13-35(2,3)21-29(30)32/h8-10,19-20,22H,4-7,11-18,21,23H2,1-3H3,(H,36,37,38). The van der Waals surface area contributed by atoms with E-state index in [-0.39, 0.29) is 5.41 Å². The van der Waals surface area contributed by atoms with Crippen molar-refractivity contribution in [2.24, 2.45) is 10.4 Å². The molecule has 4 aliphatic rings. The van der Waals surface area contributed by atoms with Crippen LogP contribution < -0.4 is 4.74 Å². The van der Waals surface area contributed by atoms with E-state index in [1.165, 1.54) is 60.6 Å². The van der Waals surface area contributed by atoms with Gasteiger partial charge in [-0.25, -0.2) is 9.97 Å². The molecule has 2 aromatic heterocycles. The third-order valence-corrected chi connectivity index (χ3v) is 9.50. The number of aliphatic imine (C=N–C) groups is 1. The Bertz CT molecular complexity index is 1570. The summed E-state index contributed by atoms with van der Waals surface area (Å²) < 4.78 is 6.32. The number of imidazole rings is 1. The minimum Gasteiger partial charge on any atom is -0.491 e. The molecule has 0 spiro atoms. The topological polar surface area (TPSA) is 69.6 Å². The first kappa shape index (κ1) is 27.4. The van der Waals surface area contributed by atoms with Crippen molar-refractivity contribution in [1.29, 1.82) is 0 Å². The number of H-pyrrole nitrogens is 1. The molecular formula is C35H44N6O. The van der Waals surface area contributed by atoms with Gasteiger partial charge in [0.2, 0.25) is 0 Å². The van der Waals surface area contributed by atoms with Crippen molar-refractivity contribution in [3.63, 3.8) is 0 Å². The van der Waals surface area contributed by atoms with Crippen LogP contribution >= 0.6 is 0 Å². The Hall–Kier alpha value is -3.45. The van der Waals surface area contributed by atoms with E-state index in [0.29, 0.717) is 6.61 Å². The average Bonchev–Trinajstić information content (AvgIpc) is 3.56. The highest BCUT2D eigenvalue weighted by molar-refractivity contribution is 5.86. The number of ether oxygens (including phenoxy) is 1. The lowest BCUT2D eigenvalue weighted by atomic mass is 9.74. The highest BCUT2D eigenvalue weighted by atomic mass is 16.5. The largest absolute Gasteiger partial charge is 0.491 e. The van der Waals surface area contributed by atoms with Crippen molar-refractivity contribution >= 4 is 16.9 Å². The average molecular weight is 565 g/mol. The zero-order chi connectivity index (χ0) is 28.7. The zero-order valence-electron chi connectivity index (χ0n) is 25.5. The molecule has 0 bridgehead atoms. The molecule has 220 valence electrons. The normalized spacial score (nSPS) is 21.2. The number of nitrogens with zero attached hydrogens (tertiary/aromatic N) is 5. The van der Waals surface area contributed by atoms with Crippen LogP contribution in [0.25, 0.3) is 22.3 Å². The van der Waals surface area contributed by atoms with E-state index < -0.39 is 0 Å². The predicted molar refractivity (Wildman–Crippen MR) is 170 cm³/mol. The van der Waals surface area contributed by atoms with Crippen LogP contribution in [0.5, 0.6) is 5.75 Å². The van der Waals surface area contributed by atoms with Crippen molar-refractivity contribution in [1.82, 2.24) is 24.8 Å². The van der Waals surface area contributed by atoms with Crippen LogP contribution in [0.1, 0.15) is 76.6 Å². The third kappa shape index (κ3) is 5.76. The molecule has 7 rings (SSSR count). The zero-order valence-corrected chi connectivity index (χ0v) is 25.5. The highest BCUT2D eigenvalue weighted by Gasteiger charge is 2.32. The fourth-order valence-electron chi connectivity index (χ4n) is 7.14. The molecule has 1 fully saturated rings. The molecule has 0 saturated carbocycles. The molecule has 5 heterocycles. The number of fused-ring (bicyclic) bond motifs is 2. The Kier molecular flexibility index (Phi) is 7.39. The van der Waals surface area contributed by atoms with E-state index in [0.717, 1.165) is 85.6 Å². The number of aryl methyl sites for hydroxylation is 1. The van der Waals surface area contributed by atoms with E-state index in [9.17, 15) is 0 Å². The minimum atomic E-state index is 0.284. The van der Waals surface area contributed by atoms with E-state index >= 15 is 0 Å². The highest BCUT2D eigenvalue weighted by Crippen LogP contribution is 2.44. The summed E-state index contributed by atoms with van der Waals surface area (Å²) in [6.07, 6.45) is 13.7. The van der Waals surface area contributed by atoms with Crippen LogP contribution in [-0.4, -0.2) is 63.2 Å². The second kappa shape index (κ2) is 11.3. The van der Waals surface area contributed by atoms with Gasteiger partial charge < -0.3 is 19.5 Å². The smallest absolute Gasteiger partial charge is 0.177 e. The van der Waals surface area contributed by atoms with Crippen LogP contribution in [0, 0.1) is 12.3 Å². The summed E-state index contributed by atoms with van der Waals surface area (Å²) in [5.41, 5.74) is 11.1. The van der Waals surface area contributed by atoms with Crippen molar-refractivity contribution in [3.8, 4) is 16.9 Å². The summed E-state index contributed by atoms with van der Waals surface area (Å²) in [4.78, 5) is 23.0. The number of aromatic nitrogens is 3. The Morgan fingerprint density at radius 3 is 2.81 bits per heavy atom. The first-order chi connectivity index (χ1) is 20.4. The molecule has 1 N–H and O–H groups in total. The second-order valence-electron chi connectivity index (χ2n) is 13.4. The van der Waals surface area contributed by atoms with Crippen molar-refractivity contribution in [2.75, 3.05) is 32.8 Å². The summed E-state index contributed by atoms with van der Waals surface area (Å²) in [7, 11) is 0. The van der Waals surface area contributed by atoms with Crippen LogP contribution in [0.4, 0.5) is 0 Å². The van der Waals surface area contributed by atoms with Gasteiger partial charge in [-0.15, -0.1) is 0 Å². The number of allylic oxidation sites excluding steroid dienone is 3. The van der Waals surface area contributed by atoms with Gasteiger partial charge >= 0.3 is 0 Å². The molecule has 1 aliphatic carbocycles. The number of hydrogen-bond donors (Lipinski definition) is 1. The molecule has 1 saturated heterocycles. The number of hydrogen-bond acceptors (Lipinski definition) is 6. The Balaban J connectivity index is 1.18. The van der Waals surface area contributed by atoms with Gasteiger partial charge in [0, 0.05) is 47.5 Å². The van der Waals surface area contributed by atoms with E-state index in [4.69, 9.17) is 9.73 Å². The molecule has 0 radical (unpaired) electrons. The van der Waals surface area contributed by atoms with Gasteiger partial charge in [0.25, 0.3) is 0 Å². The van der Waals surface area contributed by atoms with Crippen LogP contribution in [0.2, 0.25) is 0 Å². The lowest BCUT2D eigenvalue weighted by molar-refractivity contribution is 0.255. The van der Waals surface area contributed by atoms with Crippen LogP contribution in [-0.2, 0) is 6.54 Å². The van der Waals surface area contributed by atoms with Crippen molar-refractivity contribution in [3.05, 3.63) is 64.9 Å². The number of benzene rings is 1.